The van der Waals surface area contributed by atoms with Crippen molar-refractivity contribution < 1.29 is 14.3 Å². The highest BCUT2D eigenvalue weighted by Gasteiger charge is 2.20. The van der Waals surface area contributed by atoms with E-state index in [1.807, 2.05) is 38.1 Å². The molecule has 0 aliphatic carbocycles. The van der Waals surface area contributed by atoms with Crippen molar-refractivity contribution in [3.8, 4) is 5.75 Å². The third kappa shape index (κ3) is 5.54. The molecule has 0 amide bonds. The number of ether oxygens (including phenoxy) is 1. The number of nitrogens with one attached hydrogen (secondary N) is 1. The molecular weight excluding hydrogens is 480 g/mol. The fourth-order valence-electron chi connectivity index (χ4n) is 4.39. The highest BCUT2D eigenvalue weighted by Crippen LogP contribution is 2.32. The molecule has 1 aliphatic heterocycles. The first kappa shape index (κ1) is 25.7. The first-order chi connectivity index (χ1) is 17.3. The quantitative estimate of drug-likeness (QED) is 0.398. The summed E-state index contributed by atoms with van der Waals surface area (Å²) in [4.78, 5) is 42.5. The fraction of sp³-hybridized carbons (Fsp3) is 0.407. The zero-order valence-electron chi connectivity index (χ0n) is 20.8. The molecule has 1 fully saturated rings. The second-order valence-electron chi connectivity index (χ2n) is 9.34. The monoisotopic (exact) mass is 510 g/mol. The Kier molecular flexibility index (Phi) is 7.94. The maximum atomic E-state index is 13.0. The van der Waals surface area contributed by atoms with E-state index in [0.29, 0.717) is 17.1 Å². The van der Waals surface area contributed by atoms with Crippen molar-refractivity contribution >= 4 is 51.8 Å². The lowest BCUT2D eigenvalue weighted by molar-refractivity contribution is -0.120. The van der Waals surface area contributed by atoms with Gasteiger partial charge in [-0.15, -0.1) is 0 Å². The molecule has 0 atom stereocenters. The molecule has 1 aromatic carbocycles. The van der Waals surface area contributed by atoms with E-state index >= 15 is 0 Å². The van der Waals surface area contributed by atoms with Gasteiger partial charge in [-0.05, 0) is 51.0 Å². The van der Waals surface area contributed by atoms with Crippen molar-refractivity contribution in [1.82, 2.24) is 9.55 Å². The smallest absolute Gasteiger partial charge is 0.293 e. The van der Waals surface area contributed by atoms with Crippen LogP contribution < -0.4 is 20.5 Å². The van der Waals surface area contributed by atoms with Crippen LogP contribution in [0.3, 0.4) is 0 Å². The Morgan fingerprint density at radius 3 is 2.67 bits per heavy atom. The SMILES string of the molecule is CCC(=O)COc1cc2cc(Nc3cc(N4CCC(C=O)CC4)ncc3Cl)ccc2n(C(C)C)c1=O. The zero-order chi connectivity index (χ0) is 25.8. The molecule has 0 spiro atoms. The molecule has 0 saturated carbocycles. The number of anilines is 3. The summed E-state index contributed by atoms with van der Waals surface area (Å²) in [6.07, 6.45) is 4.64. The number of carbonyl (C=O) groups is 2. The number of Topliss-reactive ketones (excluding diaryl/α,β-unsaturated/α-hetero) is 1. The van der Waals surface area contributed by atoms with E-state index in [9.17, 15) is 14.4 Å². The van der Waals surface area contributed by atoms with E-state index in [1.165, 1.54) is 0 Å². The minimum Gasteiger partial charge on any atom is -0.480 e. The second kappa shape index (κ2) is 11.1. The van der Waals surface area contributed by atoms with E-state index in [2.05, 4.69) is 15.2 Å². The predicted octanol–water partition coefficient (Wildman–Crippen LogP) is 5.15. The molecule has 3 heterocycles. The van der Waals surface area contributed by atoms with E-state index in [0.717, 1.165) is 54.6 Å². The molecule has 1 saturated heterocycles. The van der Waals surface area contributed by atoms with Crippen LogP contribution in [0.2, 0.25) is 5.02 Å². The van der Waals surface area contributed by atoms with Crippen molar-refractivity contribution in [1.29, 1.82) is 0 Å². The number of hydrogen-bond donors (Lipinski definition) is 1. The van der Waals surface area contributed by atoms with Crippen molar-refractivity contribution in [2.24, 2.45) is 5.92 Å². The lowest BCUT2D eigenvalue weighted by Crippen LogP contribution is -2.34. The van der Waals surface area contributed by atoms with Gasteiger partial charge in [0.25, 0.3) is 5.56 Å². The molecule has 0 radical (unpaired) electrons. The Balaban J connectivity index is 1.64. The summed E-state index contributed by atoms with van der Waals surface area (Å²) in [6.45, 7) is 7.04. The number of aldehydes is 1. The van der Waals surface area contributed by atoms with E-state index in [-0.39, 0.29) is 35.7 Å². The fourth-order valence-corrected chi connectivity index (χ4v) is 4.54. The van der Waals surface area contributed by atoms with Gasteiger partial charge in [-0.25, -0.2) is 4.98 Å². The third-order valence-electron chi connectivity index (χ3n) is 6.48. The largest absolute Gasteiger partial charge is 0.480 e. The highest BCUT2D eigenvalue weighted by molar-refractivity contribution is 6.33. The van der Waals surface area contributed by atoms with Gasteiger partial charge in [-0.1, -0.05) is 18.5 Å². The minimum atomic E-state index is -0.262. The second-order valence-corrected chi connectivity index (χ2v) is 9.75. The van der Waals surface area contributed by atoms with E-state index in [4.69, 9.17) is 16.3 Å². The van der Waals surface area contributed by atoms with Gasteiger partial charge in [0.1, 0.15) is 18.7 Å². The molecule has 1 N–H and O–H groups in total. The summed E-state index contributed by atoms with van der Waals surface area (Å²) in [7, 11) is 0. The van der Waals surface area contributed by atoms with Crippen LogP contribution in [-0.4, -0.2) is 41.3 Å². The van der Waals surface area contributed by atoms with Crippen LogP contribution in [0.15, 0.2) is 41.3 Å². The normalized spacial score (nSPS) is 14.3. The first-order valence-corrected chi connectivity index (χ1v) is 12.6. The maximum absolute atomic E-state index is 13.0. The minimum absolute atomic E-state index is 0.0699. The molecule has 3 aromatic rings. The Hall–Kier alpha value is -3.39. The molecule has 1 aliphatic rings. The Morgan fingerprint density at radius 1 is 1.25 bits per heavy atom. The lowest BCUT2D eigenvalue weighted by atomic mass is 9.99. The van der Waals surface area contributed by atoms with Crippen molar-refractivity contribution in [3.05, 3.63) is 51.9 Å². The molecule has 2 aromatic heterocycles. The zero-order valence-corrected chi connectivity index (χ0v) is 21.5. The van der Waals surface area contributed by atoms with Gasteiger partial charge in [0.2, 0.25) is 0 Å². The van der Waals surface area contributed by atoms with Crippen molar-refractivity contribution in [3.63, 3.8) is 0 Å². The van der Waals surface area contributed by atoms with Gasteiger partial charge in [-0.3, -0.25) is 9.59 Å². The number of halogens is 1. The topological polar surface area (TPSA) is 93.5 Å². The number of rotatable bonds is 9. The van der Waals surface area contributed by atoms with E-state index < -0.39 is 0 Å². The van der Waals surface area contributed by atoms with Crippen LogP contribution in [-0.2, 0) is 9.59 Å². The Bertz CT molecular complexity index is 1330. The van der Waals surface area contributed by atoms with Gasteiger partial charge >= 0.3 is 0 Å². The summed E-state index contributed by atoms with van der Waals surface area (Å²) < 4.78 is 7.28. The molecule has 36 heavy (non-hydrogen) atoms. The summed E-state index contributed by atoms with van der Waals surface area (Å²) >= 11 is 6.46. The van der Waals surface area contributed by atoms with E-state index in [1.54, 1.807) is 23.8 Å². The number of aromatic nitrogens is 2. The van der Waals surface area contributed by atoms with Crippen LogP contribution in [0.1, 0.15) is 46.1 Å². The number of nitrogens with zero attached hydrogens (tertiary/aromatic N) is 3. The standard InChI is InChI=1S/C27H31ClN4O4/c1-4-21(34)16-36-25-12-19-11-20(5-6-24(19)32(17(2)3)27(25)35)30-23-13-26(29-14-22(23)28)31-9-7-18(15-33)8-10-31/h5-6,11-15,17-18H,4,7-10,16H2,1-3H3,(H,29,30). The third-order valence-corrected chi connectivity index (χ3v) is 6.78. The van der Waals surface area contributed by atoms with Crippen LogP contribution in [0.5, 0.6) is 5.75 Å². The summed E-state index contributed by atoms with van der Waals surface area (Å²) in [5, 5.41) is 4.65. The number of piperidine rings is 1. The van der Waals surface area contributed by atoms with Crippen LogP contribution in [0, 0.1) is 5.92 Å². The molecule has 4 rings (SSSR count). The number of fused-ring (bicyclic) bond motifs is 1. The molecule has 0 bridgehead atoms. The predicted molar refractivity (Wildman–Crippen MR) is 143 cm³/mol. The first-order valence-electron chi connectivity index (χ1n) is 12.3. The van der Waals surface area contributed by atoms with Gasteiger partial charge in [0.05, 0.1) is 22.4 Å². The summed E-state index contributed by atoms with van der Waals surface area (Å²) in [5.74, 6) is 0.996. The average molecular weight is 511 g/mol. The van der Waals surface area contributed by atoms with Crippen molar-refractivity contribution in [2.45, 2.75) is 46.1 Å². The number of carbonyl (C=O) groups excluding carboxylic acids is 2. The maximum Gasteiger partial charge on any atom is 0.293 e. The van der Waals surface area contributed by atoms with Gasteiger partial charge in [0, 0.05) is 48.6 Å². The van der Waals surface area contributed by atoms with Gasteiger partial charge in [0.15, 0.2) is 11.5 Å². The van der Waals surface area contributed by atoms with Crippen LogP contribution in [0.25, 0.3) is 10.9 Å². The molecule has 8 nitrogen and oxygen atoms in total. The number of ketones is 1. The highest BCUT2D eigenvalue weighted by atomic mass is 35.5. The number of hydrogen-bond acceptors (Lipinski definition) is 7. The van der Waals surface area contributed by atoms with Crippen LogP contribution >= 0.6 is 11.6 Å². The van der Waals surface area contributed by atoms with Gasteiger partial charge in [-0.2, -0.15) is 0 Å². The number of benzene rings is 1. The summed E-state index contributed by atoms with van der Waals surface area (Å²) in [5.41, 5.74) is 2.00. The summed E-state index contributed by atoms with van der Waals surface area (Å²) in [6, 6.07) is 9.21. The molecule has 9 heteroatoms. The Morgan fingerprint density at radius 2 is 2.00 bits per heavy atom. The molecule has 190 valence electrons. The van der Waals surface area contributed by atoms with Gasteiger partial charge < -0.3 is 24.3 Å². The Labute approximate surface area is 215 Å². The lowest BCUT2D eigenvalue weighted by Gasteiger charge is -2.30. The molecule has 0 unspecified atom stereocenters. The average Bonchev–Trinajstić information content (AvgIpc) is 2.88. The van der Waals surface area contributed by atoms with Crippen LogP contribution in [0.4, 0.5) is 17.2 Å². The molecular formula is C27H31ClN4O4. The van der Waals surface area contributed by atoms with Crippen molar-refractivity contribution in [2.75, 3.05) is 29.9 Å². The number of pyridine rings is 2.